The molecule has 1 unspecified atom stereocenters. The number of halogens is 1. The Hall–Kier alpha value is -0.870. The van der Waals surface area contributed by atoms with Crippen molar-refractivity contribution in [3.05, 3.63) is 27.1 Å². The molecule has 4 nitrogen and oxygen atoms in total. The van der Waals surface area contributed by atoms with Gasteiger partial charge in [0.1, 0.15) is 5.02 Å². The van der Waals surface area contributed by atoms with Crippen molar-refractivity contribution in [2.24, 2.45) is 0 Å². The average Bonchev–Trinajstić information content (AvgIpc) is 2.71. The lowest BCUT2D eigenvalue weighted by Crippen LogP contribution is -2.28. The first-order valence-corrected chi connectivity index (χ1v) is 5.95. The molecule has 1 aliphatic heterocycles. The Balaban J connectivity index is 2.14. The first-order chi connectivity index (χ1) is 7.58. The molecule has 16 heavy (non-hydrogen) atoms. The van der Waals surface area contributed by atoms with Crippen molar-refractivity contribution < 1.29 is 0 Å². The van der Waals surface area contributed by atoms with Crippen molar-refractivity contribution in [3.8, 4) is 0 Å². The molecule has 1 atom stereocenters. The van der Waals surface area contributed by atoms with E-state index in [1.165, 1.54) is 0 Å². The standard InChI is InChI=1S/C11H16ClN3O/c1-7(2)15-4-3-8(6-15)10-5-9(12)11(16)14-13-10/h5,7-8H,3-4,6H2,1-2H3,(H,14,16). The molecule has 1 N–H and O–H groups in total. The zero-order chi connectivity index (χ0) is 11.7. The summed E-state index contributed by atoms with van der Waals surface area (Å²) in [5.41, 5.74) is 0.580. The summed E-state index contributed by atoms with van der Waals surface area (Å²) in [6, 6.07) is 2.25. The second-order valence-electron chi connectivity index (χ2n) is 4.54. The molecule has 5 heteroatoms. The summed E-state index contributed by atoms with van der Waals surface area (Å²) in [6.45, 7) is 6.46. The van der Waals surface area contributed by atoms with E-state index in [0.717, 1.165) is 25.2 Å². The molecule has 0 aromatic carbocycles. The monoisotopic (exact) mass is 241 g/mol. The van der Waals surface area contributed by atoms with Crippen LogP contribution in [0.4, 0.5) is 0 Å². The minimum absolute atomic E-state index is 0.230. The van der Waals surface area contributed by atoms with Crippen LogP contribution in [0.1, 0.15) is 31.9 Å². The van der Waals surface area contributed by atoms with E-state index in [4.69, 9.17) is 11.6 Å². The van der Waals surface area contributed by atoms with Crippen LogP contribution in [0.2, 0.25) is 5.02 Å². The first-order valence-electron chi connectivity index (χ1n) is 5.57. The van der Waals surface area contributed by atoms with Gasteiger partial charge < -0.3 is 4.90 Å². The van der Waals surface area contributed by atoms with Gasteiger partial charge in [-0.1, -0.05) is 11.6 Å². The van der Waals surface area contributed by atoms with Crippen LogP contribution in [-0.2, 0) is 0 Å². The van der Waals surface area contributed by atoms with E-state index in [0.29, 0.717) is 12.0 Å². The lowest BCUT2D eigenvalue weighted by Gasteiger charge is -2.19. The zero-order valence-corrected chi connectivity index (χ0v) is 10.3. The minimum atomic E-state index is -0.316. The molecule has 1 fully saturated rings. The van der Waals surface area contributed by atoms with E-state index in [2.05, 4.69) is 28.9 Å². The predicted molar refractivity (Wildman–Crippen MR) is 63.9 cm³/mol. The summed E-state index contributed by atoms with van der Waals surface area (Å²) in [5.74, 6) is 0.386. The highest BCUT2D eigenvalue weighted by Gasteiger charge is 2.26. The third-order valence-corrected chi connectivity index (χ3v) is 3.43. The van der Waals surface area contributed by atoms with Crippen LogP contribution >= 0.6 is 11.6 Å². The predicted octanol–water partition coefficient (Wildman–Crippen LogP) is 1.62. The van der Waals surface area contributed by atoms with Gasteiger partial charge in [-0.15, -0.1) is 0 Å². The Morgan fingerprint density at radius 1 is 1.62 bits per heavy atom. The summed E-state index contributed by atoms with van der Waals surface area (Å²) in [6.07, 6.45) is 1.08. The fourth-order valence-electron chi connectivity index (χ4n) is 2.10. The first kappa shape index (κ1) is 11.6. The van der Waals surface area contributed by atoms with Crippen molar-refractivity contribution in [1.82, 2.24) is 15.1 Å². The van der Waals surface area contributed by atoms with Gasteiger partial charge in [-0.25, -0.2) is 5.10 Å². The van der Waals surface area contributed by atoms with Crippen molar-refractivity contribution in [2.45, 2.75) is 32.2 Å². The molecular formula is C11H16ClN3O. The fraction of sp³-hybridized carbons (Fsp3) is 0.636. The molecule has 0 bridgehead atoms. The molecule has 0 radical (unpaired) electrons. The smallest absolute Gasteiger partial charge is 0.282 e. The molecule has 0 amide bonds. The summed E-state index contributed by atoms with van der Waals surface area (Å²) in [7, 11) is 0. The van der Waals surface area contributed by atoms with Gasteiger partial charge in [0.15, 0.2) is 0 Å². The summed E-state index contributed by atoms with van der Waals surface area (Å²) in [4.78, 5) is 13.5. The van der Waals surface area contributed by atoms with Gasteiger partial charge in [0.2, 0.25) is 0 Å². The fourth-order valence-corrected chi connectivity index (χ4v) is 2.26. The Morgan fingerprint density at radius 2 is 2.38 bits per heavy atom. The van der Waals surface area contributed by atoms with E-state index in [1.54, 1.807) is 6.07 Å². The van der Waals surface area contributed by atoms with Crippen LogP contribution < -0.4 is 5.56 Å². The van der Waals surface area contributed by atoms with Gasteiger partial charge in [-0.2, -0.15) is 5.10 Å². The maximum absolute atomic E-state index is 11.1. The Morgan fingerprint density at radius 3 is 2.94 bits per heavy atom. The van der Waals surface area contributed by atoms with Crippen LogP contribution in [0.5, 0.6) is 0 Å². The topological polar surface area (TPSA) is 49.0 Å². The van der Waals surface area contributed by atoms with E-state index >= 15 is 0 Å². The molecule has 1 saturated heterocycles. The maximum Gasteiger partial charge on any atom is 0.282 e. The second kappa shape index (κ2) is 4.55. The lowest BCUT2D eigenvalue weighted by molar-refractivity contribution is 0.272. The molecule has 1 aliphatic rings. The number of H-pyrrole nitrogens is 1. The van der Waals surface area contributed by atoms with Crippen molar-refractivity contribution in [1.29, 1.82) is 0 Å². The van der Waals surface area contributed by atoms with Gasteiger partial charge in [0, 0.05) is 18.5 Å². The minimum Gasteiger partial charge on any atom is -0.300 e. The van der Waals surface area contributed by atoms with Crippen LogP contribution in [0, 0.1) is 0 Å². The normalized spacial score (nSPS) is 21.9. The number of aromatic amines is 1. The Labute approximate surface area is 99.6 Å². The Bertz CT molecular complexity index is 429. The van der Waals surface area contributed by atoms with E-state index < -0.39 is 0 Å². The van der Waals surface area contributed by atoms with Gasteiger partial charge in [0.25, 0.3) is 5.56 Å². The third-order valence-electron chi connectivity index (χ3n) is 3.15. The zero-order valence-electron chi connectivity index (χ0n) is 9.53. The molecule has 2 heterocycles. The third kappa shape index (κ3) is 2.28. The largest absolute Gasteiger partial charge is 0.300 e. The summed E-state index contributed by atoms with van der Waals surface area (Å²) >= 11 is 5.79. The Kier molecular flexibility index (Phi) is 3.30. The number of likely N-dealkylation sites (tertiary alicyclic amines) is 1. The average molecular weight is 242 g/mol. The van der Waals surface area contributed by atoms with Crippen molar-refractivity contribution >= 4 is 11.6 Å². The number of aromatic nitrogens is 2. The van der Waals surface area contributed by atoms with Crippen LogP contribution in [0.3, 0.4) is 0 Å². The molecular weight excluding hydrogens is 226 g/mol. The highest BCUT2D eigenvalue weighted by Crippen LogP contribution is 2.27. The highest BCUT2D eigenvalue weighted by molar-refractivity contribution is 6.30. The van der Waals surface area contributed by atoms with E-state index in [1.807, 2.05) is 0 Å². The molecule has 2 rings (SSSR count). The summed E-state index contributed by atoms with van der Waals surface area (Å²) < 4.78 is 0. The van der Waals surface area contributed by atoms with E-state index in [9.17, 15) is 4.79 Å². The lowest BCUT2D eigenvalue weighted by atomic mass is 10.1. The SMILES string of the molecule is CC(C)N1CCC(c2cc(Cl)c(=O)[nH]n2)C1. The quantitative estimate of drug-likeness (QED) is 0.856. The van der Waals surface area contributed by atoms with Crippen molar-refractivity contribution in [3.63, 3.8) is 0 Å². The molecule has 1 aromatic heterocycles. The molecule has 1 aromatic rings. The molecule has 0 spiro atoms. The van der Waals surface area contributed by atoms with Crippen molar-refractivity contribution in [2.75, 3.05) is 13.1 Å². The van der Waals surface area contributed by atoms with Crippen LogP contribution in [-0.4, -0.2) is 34.2 Å². The van der Waals surface area contributed by atoms with E-state index in [-0.39, 0.29) is 10.6 Å². The number of nitrogens with zero attached hydrogens (tertiary/aromatic N) is 2. The summed E-state index contributed by atoms with van der Waals surface area (Å²) in [5, 5.41) is 6.73. The molecule has 0 saturated carbocycles. The number of rotatable bonds is 2. The van der Waals surface area contributed by atoms with Crippen LogP contribution in [0.15, 0.2) is 10.9 Å². The molecule has 0 aliphatic carbocycles. The van der Waals surface area contributed by atoms with Gasteiger partial charge in [-0.05, 0) is 32.9 Å². The van der Waals surface area contributed by atoms with Gasteiger partial charge >= 0.3 is 0 Å². The molecule has 88 valence electrons. The highest BCUT2D eigenvalue weighted by atomic mass is 35.5. The van der Waals surface area contributed by atoms with Gasteiger partial charge in [0.05, 0.1) is 5.69 Å². The second-order valence-corrected chi connectivity index (χ2v) is 4.95. The van der Waals surface area contributed by atoms with Gasteiger partial charge in [-0.3, -0.25) is 4.79 Å². The number of hydrogen-bond donors (Lipinski definition) is 1. The number of hydrogen-bond acceptors (Lipinski definition) is 3. The maximum atomic E-state index is 11.1. The number of nitrogens with one attached hydrogen (secondary N) is 1. The van der Waals surface area contributed by atoms with Crippen LogP contribution in [0.25, 0.3) is 0 Å².